The highest BCUT2D eigenvalue weighted by Crippen LogP contribution is 2.26. The summed E-state index contributed by atoms with van der Waals surface area (Å²) in [6.07, 6.45) is 5.85. The lowest BCUT2D eigenvalue weighted by molar-refractivity contribution is -0.132. The molecule has 130 valence electrons. The summed E-state index contributed by atoms with van der Waals surface area (Å²) in [5, 5.41) is 11.1. The molecular weight excluding hydrogens is 324 g/mol. The number of amides is 4. The van der Waals surface area contributed by atoms with E-state index in [9.17, 15) is 19.2 Å². The van der Waals surface area contributed by atoms with E-state index < -0.39 is 23.8 Å². The predicted molar refractivity (Wildman–Crippen MR) is 88.6 cm³/mol. The van der Waals surface area contributed by atoms with Crippen molar-refractivity contribution in [2.75, 3.05) is 0 Å². The van der Waals surface area contributed by atoms with Crippen LogP contribution in [0.25, 0.3) is 6.08 Å². The molecule has 0 spiro atoms. The van der Waals surface area contributed by atoms with E-state index in [0.717, 1.165) is 37.0 Å². The molecule has 2 aliphatic rings. The van der Waals surface area contributed by atoms with E-state index >= 15 is 0 Å². The molecule has 7 heteroatoms. The number of hydrogen-bond donors (Lipinski definition) is 2. The molecule has 1 saturated heterocycles. The van der Waals surface area contributed by atoms with E-state index in [1.54, 1.807) is 0 Å². The standard InChI is InChI=1S/C18H18N2O5/c21-15-14(10-11-6-8-12(9-7-11)17(23)24)16(22)20(18(25)19-15)13-4-2-1-3-5-13/h6-10,13H,1-5H2,(H,23,24)(H,19,21,25). The van der Waals surface area contributed by atoms with Crippen LogP contribution >= 0.6 is 0 Å². The van der Waals surface area contributed by atoms with Gasteiger partial charge in [-0.2, -0.15) is 0 Å². The van der Waals surface area contributed by atoms with Gasteiger partial charge in [-0.1, -0.05) is 31.4 Å². The Balaban J connectivity index is 1.88. The summed E-state index contributed by atoms with van der Waals surface area (Å²) in [4.78, 5) is 48.9. The quantitative estimate of drug-likeness (QED) is 0.647. The van der Waals surface area contributed by atoms with Crippen molar-refractivity contribution in [2.24, 2.45) is 0 Å². The Morgan fingerprint density at radius 1 is 1.08 bits per heavy atom. The van der Waals surface area contributed by atoms with Crippen LogP contribution in [-0.2, 0) is 9.59 Å². The lowest BCUT2D eigenvalue weighted by atomic mass is 9.93. The molecule has 0 atom stereocenters. The monoisotopic (exact) mass is 342 g/mol. The number of hydrogen-bond acceptors (Lipinski definition) is 4. The summed E-state index contributed by atoms with van der Waals surface area (Å²) in [7, 11) is 0. The van der Waals surface area contributed by atoms with Gasteiger partial charge in [0.15, 0.2) is 0 Å². The summed E-state index contributed by atoms with van der Waals surface area (Å²) in [6, 6.07) is 4.96. The molecule has 2 N–H and O–H groups in total. The summed E-state index contributed by atoms with van der Waals surface area (Å²) in [6.45, 7) is 0. The Morgan fingerprint density at radius 3 is 2.32 bits per heavy atom. The van der Waals surface area contributed by atoms with Gasteiger partial charge in [0, 0.05) is 6.04 Å². The Kier molecular flexibility index (Phi) is 4.65. The van der Waals surface area contributed by atoms with Gasteiger partial charge in [0.25, 0.3) is 11.8 Å². The number of carboxylic acids is 1. The van der Waals surface area contributed by atoms with Crippen molar-refractivity contribution in [1.29, 1.82) is 0 Å². The molecule has 1 saturated carbocycles. The fourth-order valence-corrected chi connectivity index (χ4v) is 3.23. The average molecular weight is 342 g/mol. The van der Waals surface area contributed by atoms with Crippen molar-refractivity contribution in [3.05, 3.63) is 41.0 Å². The number of nitrogens with zero attached hydrogens (tertiary/aromatic N) is 1. The molecule has 2 fully saturated rings. The topological polar surface area (TPSA) is 104 Å². The van der Waals surface area contributed by atoms with E-state index in [1.807, 2.05) is 0 Å². The van der Waals surface area contributed by atoms with Gasteiger partial charge in [-0.3, -0.25) is 19.8 Å². The molecule has 1 heterocycles. The second-order valence-corrected chi connectivity index (χ2v) is 6.21. The lowest BCUT2D eigenvalue weighted by Crippen LogP contribution is -2.58. The summed E-state index contributed by atoms with van der Waals surface area (Å²) in [5.74, 6) is -2.38. The third kappa shape index (κ3) is 3.45. The molecule has 1 aliphatic heterocycles. The predicted octanol–water partition coefficient (Wildman–Crippen LogP) is 2.18. The molecule has 1 aliphatic carbocycles. The first-order valence-corrected chi connectivity index (χ1v) is 8.21. The second kappa shape index (κ2) is 6.88. The maximum Gasteiger partial charge on any atom is 0.335 e. The Bertz CT molecular complexity index is 760. The van der Waals surface area contributed by atoms with Gasteiger partial charge in [-0.05, 0) is 36.6 Å². The van der Waals surface area contributed by atoms with Crippen molar-refractivity contribution in [3.8, 4) is 0 Å². The van der Waals surface area contributed by atoms with Crippen LogP contribution in [0.3, 0.4) is 0 Å². The number of benzene rings is 1. The van der Waals surface area contributed by atoms with E-state index in [0.29, 0.717) is 5.56 Å². The van der Waals surface area contributed by atoms with E-state index in [1.165, 1.54) is 30.3 Å². The fourth-order valence-electron chi connectivity index (χ4n) is 3.23. The third-order valence-corrected chi connectivity index (χ3v) is 4.54. The van der Waals surface area contributed by atoms with Crippen LogP contribution in [0.1, 0.15) is 48.0 Å². The van der Waals surface area contributed by atoms with Crippen molar-refractivity contribution < 1.29 is 24.3 Å². The summed E-state index contributed by atoms with van der Waals surface area (Å²) >= 11 is 0. The smallest absolute Gasteiger partial charge is 0.335 e. The van der Waals surface area contributed by atoms with E-state index in [2.05, 4.69) is 5.32 Å². The van der Waals surface area contributed by atoms with Crippen LogP contribution < -0.4 is 5.32 Å². The van der Waals surface area contributed by atoms with Crippen molar-refractivity contribution in [1.82, 2.24) is 10.2 Å². The lowest BCUT2D eigenvalue weighted by Gasteiger charge is -2.35. The van der Waals surface area contributed by atoms with Crippen LogP contribution in [0, 0.1) is 0 Å². The van der Waals surface area contributed by atoms with Crippen LogP contribution in [0.4, 0.5) is 4.79 Å². The van der Waals surface area contributed by atoms with Crippen LogP contribution in [0.2, 0.25) is 0 Å². The minimum Gasteiger partial charge on any atom is -0.478 e. The molecule has 0 aromatic heterocycles. The molecule has 25 heavy (non-hydrogen) atoms. The molecule has 1 aromatic carbocycles. The van der Waals surface area contributed by atoms with Crippen molar-refractivity contribution in [2.45, 2.75) is 38.1 Å². The molecular formula is C18H18N2O5. The van der Waals surface area contributed by atoms with Gasteiger partial charge in [0.05, 0.1) is 5.56 Å². The van der Waals surface area contributed by atoms with Crippen LogP contribution in [0.5, 0.6) is 0 Å². The Hall–Kier alpha value is -2.96. The number of barbiturate groups is 1. The van der Waals surface area contributed by atoms with Crippen LogP contribution in [-0.4, -0.2) is 39.9 Å². The highest BCUT2D eigenvalue weighted by Gasteiger charge is 2.40. The molecule has 0 bridgehead atoms. The SMILES string of the molecule is O=C1NC(=O)N(C2CCCCC2)C(=O)C1=Cc1ccc(C(=O)O)cc1. The van der Waals surface area contributed by atoms with Crippen molar-refractivity contribution in [3.63, 3.8) is 0 Å². The first kappa shape index (κ1) is 16.9. The fraction of sp³-hybridized carbons (Fsp3) is 0.333. The molecule has 3 rings (SSSR count). The number of carbonyl (C=O) groups excluding carboxylic acids is 3. The number of urea groups is 1. The molecule has 7 nitrogen and oxygen atoms in total. The zero-order valence-corrected chi connectivity index (χ0v) is 13.5. The van der Waals surface area contributed by atoms with Crippen LogP contribution in [0.15, 0.2) is 29.8 Å². The molecule has 4 amide bonds. The third-order valence-electron chi connectivity index (χ3n) is 4.54. The molecule has 1 aromatic rings. The number of carbonyl (C=O) groups is 4. The number of aromatic carboxylic acids is 1. The normalized spacial score (nSPS) is 20.7. The van der Waals surface area contributed by atoms with E-state index in [-0.39, 0.29) is 17.2 Å². The number of imide groups is 2. The first-order chi connectivity index (χ1) is 12.0. The maximum absolute atomic E-state index is 12.7. The zero-order chi connectivity index (χ0) is 18.0. The number of nitrogens with one attached hydrogen (secondary N) is 1. The van der Waals surface area contributed by atoms with E-state index in [4.69, 9.17) is 5.11 Å². The van der Waals surface area contributed by atoms with Gasteiger partial charge in [0.2, 0.25) is 0 Å². The van der Waals surface area contributed by atoms with Gasteiger partial charge < -0.3 is 5.11 Å². The van der Waals surface area contributed by atoms with Gasteiger partial charge in [-0.15, -0.1) is 0 Å². The van der Waals surface area contributed by atoms with Gasteiger partial charge in [0.1, 0.15) is 5.57 Å². The highest BCUT2D eigenvalue weighted by atomic mass is 16.4. The Labute approximate surface area is 144 Å². The number of carboxylic acid groups (broad SMARTS) is 1. The summed E-state index contributed by atoms with van der Waals surface area (Å²) in [5.41, 5.74) is 0.510. The minimum atomic E-state index is -1.06. The second-order valence-electron chi connectivity index (χ2n) is 6.21. The number of rotatable bonds is 3. The van der Waals surface area contributed by atoms with Gasteiger partial charge in [-0.25, -0.2) is 9.59 Å². The molecule has 0 radical (unpaired) electrons. The largest absolute Gasteiger partial charge is 0.478 e. The minimum absolute atomic E-state index is 0.112. The van der Waals surface area contributed by atoms with Crippen molar-refractivity contribution >= 4 is 29.9 Å². The Morgan fingerprint density at radius 2 is 1.72 bits per heavy atom. The zero-order valence-electron chi connectivity index (χ0n) is 13.5. The van der Waals surface area contributed by atoms with Gasteiger partial charge >= 0.3 is 12.0 Å². The highest BCUT2D eigenvalue weighted by molar-refractivity contribution is 6.31. The molecule has 0 unspecified atom stereocenters. The first-order valence-electron chi connectivity index (χ1n) is 8.21. The maximum atomic E-state index is 12.7. The average Bonchev–Trinajstić information content (AvgIpc) is 2.60. The summed E-state index contributed by atoms with van der Waals surface area (Å²) < 4.78 is 0.